The summed E-state index contributed by atoms with van der Waals surface area (Å²) in [6.07, 6.45) is 2.39. The minimum Gasteiger partial charge on any atom is -0.313 e. The Morgan fingerprint density at radius 1 is 1.29 bits per heavy atom. The van der Waals surface area contributed by atoms with Crippen molar-refractivity contribution >= 4 is 23.4 Å². The van der Waals surface area contributed by atoms with E-state index in [1.165, 1.54) is 18.4 Å². The quantitative estimate of drug-likeness (QED) is 0.754. The average molecular weight is 272 g/mol. The first kappa shape index (κ1) is 14.9. The Morgan fingerprint density at radius 2 is 2.06 bits per heavy atom. The Morgan fingerprint density at radius 3 is 2.71 bits per heavy atom. The first-order valence-electron chi connectivity index (χ1n) is 6.32. The van der Waals surface area contributed by atoms with Crippen LogP contribution >= 0.6 is 23.4 Å². The SMILES string of the molecule is CCCNC(CC)CSCc1ccccc1Cl. The van der Waals surface area contributed by atoms with Gasteiger partial charge in [-0.15, -0.1) is 0 Å². The number of benzene rings is 1. The van der Waals surface area contributed by atoms with Crippen molar-refractivity contribution in [3.8, 4) is 0 Å². The lowest BCUT2D eigenvalue weighted by molar-refractivity contribution is 0.539. The van der Waals surface area contributed by atoms with Crippen LogP contribution in [0.4, 0.5) is 0 Å². The minimum absolute atomic E-state index is 0.627. The van der Waals surface area contributed by atoms with Gasteiger partial charge in [-0.2, -0.15) is 11.8 Å². The number of nitrogens with one attached hydrogen (secondary N) is 1. The van der Waals surface area contributed by atoms with E-state index in [9.17, 15) is 0 Å². The first-order valence-corrected chi connectivity index (χ1v) is 7.85. The van der Waals surface area contributed by atoms with E-state index in [1.807, 2.05) is 23.9 Å². The molecule has 3 heteroatoms. The van der Waals surface area contributed by atoms with Gasteiger partial charge in [-0.1, -0.05) is 43.6 Å². The Bertz CT molecular complexity index is 317. The minimum atomic E-state index is 0.627. The third-order valence-corrected chi connectivity index (χ3v) is 4.23. The second-order valence-corrected chi connectivity index (χ2v) is 5.60. The Labute approximate surface area is 114 Å². The first-order chi connectivity index (χ1) is 8.27. The zero-order valence-corrected chi connectivity index (χ0v) is 12.3. The maximum Gasteiger partial charge on any atom is 0.0446 e. The van der Waals surface area contributed by atoms with Gasteiger partial charge in [0.25, 0.3) is 0 Å². The van der Waals surface area contributed by atoms with Crippen molar-refractivity contribution < 1.29 is 0 Å². The van der Waals surface area contributed by atoms with E-state index >= 15 is 0 Å². The lowest BCUT2D eigenvalue weighted by atomic mass is 10.2. The van der Waals surface area contributed by atoms with Crippen molar-refractivity contribution in [3.63, 3.8) is 0 Å². The van der Waals surface area contributed by atoms with Crippen molar-refractivity contribution in [2.45, 2.75) is 38.5 Å². The highest BCUT2D eigenvalue weighted by Gasteiger charge is 2.05. The van der Waals surface area contributed by atoms with Crippen molar-refractivity contribution in [2.75, 3.05) is 12.3 Å². The van der Waals surface area contributed by atoms with Gasteiger partial charge >= 0.3 is 0 Å². The van der Waals surface area contributed by atoms with Crippen molar-refractivity contribution in [1.82, 2.24) is 5.32 Å². The molecule has 96 valence electrons. The van der Waals surface area contributed by atoms with Crippen LogP contribution in [0.2, 0.25) is 5.02 Å². The van der Waals surface area contributed by atoms with Crippen LogP contribution in [-0.4, -0.2) is 18.3 Å². The molecule has 1 nitrogen and oxygen atoms in total. The molecule has 0 spiro atoms. The van der Waals surface area contributed by atoms with Gasteiger partial charge in [-0.25, -0.2) is 0 Å². The zero-order chi connectivity index (χ0) is 12.5. The molecular formula is C14H22ClNS. The molecule has 0 aromatic heterocycles. The zero-order valence-electron chi connectivity index (χ0n) is 10.7. The molecule has 0 amide bonds. The maximum absolute atomic E-state index is 6.13. The highest BCUT2D eigenvalue weighted by molar-refractivity contribution is 7.98. The number of halogens is 1. The summed E-state index contributed by atoms with van der Waals surface area (Å²) in [5.41, 5.74) is 1.24. The smallest absolute Gasteiger partial charge is 0.0446 e. The number of rotatable bonds is 8. The van der Waals surface area contributed by atoms with Gasteiger partial charge in [0.1, 0.15) is 0 Å². The fourth-order valence-corrected chi connectivity index (χ4v) is 3.11. The third kappa shape index (κ3) is 5.80. The molecule has 0 bridgehead atoms. The molecule has 0 heterocycles. The molecule has 0 aliphatic carbocycles. The lowest BCUT2D eigenvalue weighted by Gasteiger charge is -2.16. The van der Waals surface area contributed by atoms with E-state index < -0.39 is 0 Å². The molecule has 0 fully saturated rings. The summed E-state index contributed by atoms with van der Waals surface area (Å²) < 4.78 is 0. The summed E-state index contributed by atoms with van der Waals surface area (Å²) in [7, 11) is 0. The Hall–Kier alpha value is -0.180. The molecule has 0 aliphatic heterocycles. The number of thioether (sulfide) groups is 1. The molecule has 1 atom stereocenters. The van der Waals surface area contributed by atoms with E-state index in [0.717, 1.165) is 23.1 Å². The predicted octanol–water partition coefficient (Wildman–Crippen LogP) is 4.35. The summed E-state index contributed by atoms with van der Waals surface area (Å²) in [6, 6.07) is 8.73. The van der Waals surface area contributed by atoms with Gasteiger partial charge in [-0.3, -0.25) is 0 Å². The molecule has 0 aliphatic rings. The predicted molar refractivity (Wildman–Crippen MR) is 80.0 cm³/mol. The van der Waals surface area contributed by atoms with Crippen LogP contribution in [-0.2, 0) is 5.75 Å². The molecule has 17 heavy (non-hydrogen) atoms. The van der Waals surface area contributed by atoms with Crippen molar-refractivity contribution in [2.24, 2.45) is 0 Å². The highest BCUT2D eigenvalue weighted by atomic mass is 35.5. The van der Waals surface area contributed by atoms with Gasteiger partial charge in [0.05, 0.1) is 0 Å². The van der Waals surface area contributed by atoms with Crippen LogP contribution in [0.3, 0.4) is 0 Å². The summed E-state index contributed by atoms with van der Waals surface area (Å²) in [4.78, 5) is 0. The fraction of sp³-hybridized carbons (Fsp3) is 0.571. The molecule has 1 N–H and O–H groups in total. The van der Waals surface area contributed by atoms with Gasteiger partial charge in [0.15, 0.2) is 0 Å². The number of hydrogen-bond acceptors (Lipinski definition) is 2. The molecule has 1 aromatic carbocycles. The third-order valence-electron chi connectivity index (χ3n) is 2.71. The Kier molecular flexibility index (Phi) is 7.74. The maximum atomic E-state index is 6.13. The topological polar surface area (TPSA) is 12.0 Å². The molecule has 1 unspecified atom stereocenters. The normalized spacial score (nSPS) is 12.6. The highest BCUT2D eigenvalue weighted by Crippen LogP contribution is 2.21. The standard InChI is InChI=1S/C14H22ClNS/c1-3-9-16-13(4-2)11-17-10-12-7-5-6-8-14(12)15/h5-8,13,16H,3-4,9-11H2,1-2H3. The van der Waals surface area contributed by atoms with Crippen LogP contribution < -0.4 is 5.32 Å². The average Bonchev–Trinajstić information content (AvgIpc) is 2.35. The van der Waals surface area contributed by atoms with E-state index in [4.69, 9.17) is 11.6 Å². The molecule has 0 radical (unpaired) electrons. The monoisotopic (exact) mass is 271 g/mol. The van der Waals surface area contributed by atoms with Crippen molar-refractivity contribution in [1.29, 1.82) is 0 Å². The lowest BCUT2D eigenvalue weighted by Crippen LogP contribution is -2.31. The van der Waals surface area contributed by atoms with Crippen LogP contribution in [0, 0.1) is 0 Å². The fourth-order valence-electron chi connectivity index (χ4n) is 1.60. The second-order valence-electron chi connectivity index (χ2n) is 4.17. The molecule has 0 saturated carbocycles. The van der Waals surface area contributed by atoms with Gasteiger partial charge in [-0.05, 0) is 31.0 Å². The van der Waals surface area contributed by atoms with Crippen LogP contribution in [0.25, 0.3) is 0 Å². The number of hydrogen-bond donors (Lipinski definition) is 1. The van der Waals surface area contributed by atoms with E-state index in [-0.39, 0.29) is 0 Å². The van der Waals surface area contributed by atoms with Gasteiger partial charge < -0.3 is 5.32 Å². The molecule has 1 rings (SSSR count). The summed E-state index contributed by atoms with van der Waals surface area (Å²) in [6.45, 7) is 5.56. The molecular weight excluding hydrogens is 250 g/mol. The van der Waals surface area contributed by atoms with Gasteiger partial charge in [0, 0.05) is 22.6 Å². The largest absolute Gasteiger partial charge is 0.313 e. The second kappa shape index (κ2) is 8.84. The molecule has 1 aromatic rings. The summed E-state index contributed by atoms with van der Waals surface area (Å²) in [5.74, 6) is 2.16. The van der Waals surface area contributed by atoms with E-state index in [0.29, 0.717) is 6.04 Å². The van der Waals surface area contributed by atoms with E-state index in [2.05, 4.69) is 31.3 Å². The Balaban J connectivity index is 2.28. The summed E-state index contributed by atoms with van der Waals surface area (Å²) >= 11 is 8.08. The van der Waals surface area contributed by atoms with Crippen molar-refractivity contribution in [3.05, 3.63) is 34.9 Å². The van der Waals surface area contributed by atoms with Crippen LogP contribution in [0.1, 0.15) is 32.3 Å². The van der Waals surface area contributed by atoms with Crippen LogP contribution in [0.5, 0.6) is 0 Å². The van der Waals surface area contributed by atoms with E-state index in [1.54, 1.807) is 0 Å². The summed E-state index contributed by atoms with van der Waals surface area (Å²) in [5, 5.41) is 4.45. The van der Waals surface area contributed by atoms with Crippen LogP contribution in [0.15, 0.2) is 24.3 Å². The van der Waals surface area contributed by atoms with Gasteiger partial charge in [0.2, 0.25) is 0 Å². The molecule has 0 saturated heterocycles.